The van der Waals surface area contributed by atoms with Crippen molar-refractivity contribution in [3.63, 3.8) is 0 Å². The highest BCUT2D eigenvalue weighted by Gasteiger charge is 2.25. The summed E-state index contributed by atoms with van der Waals surface area (Å²) >= 11 is 3.12. The van der Waals surface area contributed by atoms with Crippen molar-refractivity contribution in [2.24, 2.45) is 11.7 Å². The van der Waals surface area contributed by atoms with Gasteiger partial charge in [-0.2, -0.15) is 0 Å². The van der Waals surface area contributed by atoms with E-state index in [9.17, 15) is 9.50 Å². The van der Waals surface area contributed by atoms with Crippen LogP contribution < -0.4 is 5.73 Å². The summed E-state index contributed by atoms with van der Waals surface area (Å²) in [6.45, 7) is 1.35. The van der Waals surface area contributed by atoms with Crippen LogP contribution >= 0.6 is 15.9 Å². The number of halogens is 2. The topological polar surface area (TPSA) is 55.5 Å². The van der Waals surface area contributed by atoms with Gasteiger partial charge in [-0.3, -0.25) is 0 Å². The Kier molecular flexibility index (Phi) is 4.01. The van der Waals surface area contributed by atoms with Gasteiger partial charge in [-0.05, 0) is 46.8 Å². The van der Waals surface area contributed by atoms with Gasteiger partial charge in [0, 0.05) is 24.8 Å². The third kappa shape index (κ3) is 2.78. The van der Waals surface area contributed by atoms with E-state index in [1.54, 1.807) is 0 Å². The Bertz CT molecular complexity index is 408. The molecule has 0 aliphatic carbocycles. The molecule has 0 radical (unpaired) electrons. The van der Waals surface area contributed by atoms with Gasteiger partial charge in [0.25, 0.3) is 0 Å². The molecule has 17 heavy (non-hydrogen) atoms. The fourth-order valence-electron chi connectivity index (χ4n) is 2.17. The van der Waals surface area contributed by atoms with Crippen LogP contribution in [0.25, 0.3) is 0 Å². The standard InChI is InChI=1S/C12H15BrFNO2/c13-10-6-8(14)5-9(12(10)16)11(15)7-1-3-17-4-2-7/h5-7,11,16H,1-4,15H2/t11-/m0/s1. The average Bonchev–Trinajstić information content (AvgIpc) is 2.34. The Labute approximate surface area is 108 Å². The van der Waals surface area contributed by atoms with Crippen LogP contribution in [0.2, 0.25) is 0 Å². The van der Waals surface area contributed by atoms with E-state index < -0.39 is 5.82 Å². The van der Waals surface area contributed by atoms with Crippen LogP contribution in [0.5, 0.6) is 5.75 Å². The van der Waals surface area contributed by atoms with Crippen molar-refractivity contribution >= 4 is 15.9 Å². The minimum atomic E-state index is -0.396. The monoisotopic (exact) mass is 303 g/mol. The van der Waals surface area contributed by atoms with Crippen molar-refractivity contribution < 1.29 is 14.2 Å². The molecule has 5 heteroatoms. The van der Waals surface area contributed by atoms with Crippen LogP contribution in [0.3, 0.4) is 0 Å². The van der Waals surface area contributed by atoms with Crippen LogP contribution in [-0.4, -0.2) is 18.3 Å². The molecule has 2 rings (SSSR count). The van der Waals surface area contributed by atoms with Gasteiger partial charge < -0.3 is 15.6 Å². The van der Waals surface area contributed by atoms with Gasteiger partial charge in [0.15, 0.2) is 0 Å². The summed E-state index contributed by atoms with van der Waals surface area (Å²) in [7, 11) is 0. The average molecular weight is 304 g/mol. The molecule has 0 spiro atoms. The Morgan fingerprint density at radius 3 is 2.71 bits per heavy atom. The molecule has 1 heterocycles. The zero-order chi connectivity index (χ0) is 12.4. The summed E-state index contributed by atoms with van der Waals surface area (Å²) < 4.78 is 18.9. The molecule has 3 N–H and O–H groups in total. The number of rotatable bonds is 2. The number of hydrogen-bond donors (Lipinski definition) is 2. The third-order valence-corrected chi connectivity index (χ3v) is 3.80. The largest absolute Gasteiger partial charge is 0.506 e. The lowest BCUT2D eigenvalue weighted by Gasteiger charge is -2.28. The SMILES string of the molecule is N[C@H](c1cc(F)cc(Br)c1O)C1CCOCC1. The maximum absolute atomic E-state index is 13.3. The second-order valence-electron chi connectivity index (χ2n) is 4.30. The second-order valence-corrected chi connectivity index (χ2v) is 5.16. The van der Waals surface area contributed by atoms with Crippen molar-refractivity contribution in [2.45, 2.75) is 18.9 Å². The molecule has 1 aromatic rings. The van der Waals surface area contributed by atoms with Gasteiger partial charge in [0.2, 0.25) is 0 Å². The molecule has 1 aliphatic heterocycles. The van der Waals surface area contributed by atoms with Crippen LogP contribution in [0.15, 0.2) is 16.6 Å². The number of ether oxygens (including phenoxy) is 1. The van der Waals surface area contributed by atoms with Gasteiger partial charge in [0.05, 0.1) is 4.47 Å². The molecule has 94 valence electrons. The Morgan fingerprint density at radius 2 is 2.06 bits per heavy atom. The van der Waals surface area contributed by atoms with E-state index in [1.165, 1.54) is 12.1 Å². The molecule has 0 aromatic heterocycles. The van der Waals surface area contributed by atoms with Crippen molar-refractivity contribution in [1.82, 2.24) is 0 Å². The van der Waals surface area contributed by atoms with E-state index in [0.29, 0.717) is 23.2 Å². The first-order chi connectivity index (χ1) is 8.09. The normalized spacial score (nSPS) is 19.2. The smallest absolute Gasteiger partial charge is 0.134 e. The Balaban J connectivity index is 2.26. The lowest BCUT2D eigenvalue weighted by Crippen LogP contribution is -2.27. The summed E-state index contributed by atoms with van der Waals surface area (Å²) in [5, 5.41) is 9.90. The first kappa shape index (κ1) is 12.8. The lowest BCUT2D eigenvalue weighted by molar-refractivity contribution is 0.0581. The lowest BCUT2D eigenvalue weighted by atomic mass is 9.87. The highest BCUT2D eigenvalue weighted by molar-refractivity contribution is 9.10. The van der Waals surface area contributed by atoms with Gasteiger partial charge in [0.1, 0.15) is 11.6 Å². The molecule has 1 atom stereocenters. The van der Waals surface area contributed by atoms with Crippen molar-refractivity contribution in [3.8, 4) is 5.75 Å². The second kappa shape index (κ2) is 5.33. The zero-order valence-corrected chi connectivity index (χ0v) is 10.9. The van der Waals surface area contributed by atoms with Crippen molar-refractivity contribution in [2.75, 3.05) is 13.2 Å². The third-order valence-electron chi connectivity index (χ3n) is 3.19. The summed E-state index contributed by atoms with van der Waals surface area (Å²) in [6, 6.07) is 2.18. The molecule has 0 bridgehead atoms. The van der Waals surface area contributed by atoms with E-state index in [-0.39, 0.29) is 17.7 Å². The molecule has 1 aromatic carbocycles. The number of phenolic OH excluding ortho intramolecular Hbond substituents is 1. The first-order valence-corrected chi connectivity index (χ1v) is 6.40. The van der Waals surface area contributed by atoms with E-state index in [4.69, 9.17) is 10.5 Å². The summed E-state index contributed by atoms with van der Waals surface area (Å²) in [4.78, 5) is 0. The fourth-order valence-corrected chi connectivity index (χ4v) is 2.62. The minimum Gasteiger partial charge on any atom is -0.506 e. The van der Waals surface area contributed by atoms with Gasteiger partial charge in [-0.25, -0.2) is 4.39 Å². The van der Waals surface area contributed by atoms with E-state index in [0.717, 1.165) is 12.8 Å². The molecule has 1 saturated heterocycles. The predicted molar refractivity (Wildman–Crippen MR) is 66.2 cm³/mol. The van der Waals surface area contributed by atoms with Gasteiger partial charge in [-0.15, -0.1) is 0 Å². The maximum atomic E-state index is 13.3. The highest BCUT2D eigenvalue weighted by atomic mass is 79.9. The van der Waals surface area contributed by atoms with E-state index in [1.807, 2.05) is 0 Å². The summed E-state index contributed by atoms with van der Waals surface area (Å²) in [6.07, 6.45) is 1.68. The molecule has 3 nitrogen and oxygen atoms in total. The van der Waals surface area contributed by atoms with Crippen molar-refractivity contribution in [3.05, 3.63) is 28.0 Å². The van der Waals surface area contributed by atoms with Crippen LogP contribution in [0.1, 0.15) is 24.4 Å². The molecular weight excluding hydrogens is 289 g/mol. The Hall–Kier alpha value is -0.650. The van der Waals surface area contributed by atoms with Crippen LogP contribution in [0, 0.1) is 11.7 Å². The molecule has 1 aliphatic rings. The number of phenols is 1. The van der Waals surface area contributed by atoms with E-state index in [2.05, 4.69) is 15.9 Å². The number of hydrogen-bond acceptors (Lipinski definition) is 3. The predicted octanol–water partition coefficient (Wildman–Crippen LogP) is 2.72. The highest BCUT2D eigenvalue weighted by Crippen LogP contribution is 2.37. The Morgan fingerprint density at radius 1 is 1.41 bits per heavy atom. The maximum Gasteiger partial charge on any atom is 0.134 e. The molecular formula is C12H15BrFNO2. The number of nitrogens with two attached hydrogens (primary N) is 1. The summed E-state index contributed by atoms with van der Waals surface area (Å²) in [5.74, 6) is -0.138. The fraction of sp³-hybridized carbons (Fsp3) is 0.500. The molecule has 0 saturated carbocycles. The van der Waals surface area contributed by atoms with Gasteiger partial charge in [-0.1, -0.05) is 0 Å². The van der Waals surface area contributed by atoms with Crippen LogP contribution in [-0.2, 0) is 4.74 Å². The molecule has 1 fully saturated rings. The summed E-state index contributed by atoms with van der Waals surface area (Å²) in [5.41, 5.74) is 6.57. The minimum absolute atomic E-state index is 0.0328. The molecule has 0 amide bonds. The number of aromatic hydroxyl groups is 1. The van der Waals surface area contributed by atoms with Crippen molar-refractivity contribution in [1.29, 1.82) is 0 Å². The van der Waals surface area contributed by atoms with Gasteiger partial charge >= 0.3 is 0 Å². The quantitative estimate of drug-likeness (QED) is 0.883. The van der Waals surface area contributed by atoms with E-state index >= 15 is 0 Å². The zero-order valence-electron chi connectivity index (χ0n) is 9.33. The first-order valence-electron chi connectivity index (χ1n) is 5.61. The molecule has 0 unspecified atom stereocenters. The number of benzene rings is 1. The van der Waals surface area contributed by atoms with Crippen LogP contribution in [0.4, 0.5) is 4.39 Å².